The maximum Gasteiger partial charge on any atom is 0.337 e. The molecule has 1 saturated heterocycles. The number of nitrogens with two attached hydrogens (primary N) is 1. The summed E-state index contributed by atoms with van der Waals surface area (Å²) < 4.78 is 0. The van der Waals surface area contributed by atoms with Crippen LogP contribution in [0.25, 0.3) is 0 Å². The van der Waals surface area contributed by atoms with E-state index in [1.807, 2.05) is 0 Å². The summed E-state index contributed by atoms with van der Waals surface area (Å²) in [5, 5.41) is 9.27. The van der Waals surface area contributed by atoms with Crippen LogP contribution in [0, 0.1) is 0 Å². The lowest BCUT2D eigenvalue weighted by atomic mass is 10.1. The zero-order valence-corrected chi connectivity index (χ0v) is 10.8. The maximum absolute atomic E-state index is 11.3. The summed E-state index contributed by atoms with van der Waals surface area (Å²) in [6.07, 6.45) is 0. The van der Waals surface area contributed by atoms with Crippen LogP contribution in [0.2, 0.25) is 0 Å². The summed E-state index contributed by atoms with van der Waals surface area (Å²) in [7, 11) is 2.08. The molecule has 1 aliphatic heterocycles. The summed E-state index contributed by atoms with van der Waals surface area (Å²) in [5.41, 5.74) is 7.19. The summed E-state index contributed by atoms with van der Waals surface area (Å²) in [4.78, 5) is 15.7. The molecule has 0 amide bonds. The summed E-state index contributed by atoms with van der Waals surface area (Å²) in [6.45, 7) is 4.82. The number of piperazine rings is 1. The van der Waals surface area contributed by atoms with Crippen LogP contribution in [-0.2, 0) is 0 Å². The fourth-order valence-corrected chi connectivity index (χ4v) is 2.47. The first-order valence-corrected chi connectivity index (χ1v) is 6.07. The second kappa shape index (κ2) is 4.86. The SMILES string of the molecule is CC1CN(C)CCN1c1ccc(N)cc1C(=O)O. The number of rotatable bonds is 2. The van der Waals surface area contributed by atoms with Crippen LogP contribution in [0.1, 0.15) is 17.3 Å². The number of carboxylic acid groups (broad SMARTS) is 1. The highest BCUT2D eigenvalue weighted by atomic mass is 16.4. The number of carboxylic acids is 1. The van der Waals surface area contributed by atoms with E-state index in [2.05, 4.69) is 23.8 Å². The lowest BCUT2D eigenvalue weighted by Crippen LogP contribution is -2.51. The van der Waals surface area contributed by atoms with E-state index >= 15 is 0 Å². The van der Waals surface area contributed by atoms with Crippen LogP contribution >= 0.6 is 0 Å². The van der Waals surface area contributed by atoms with Gasteiger partial charge in [-0.25, -0.2) is 4.79 Å². The molecular weight excluding hydrogens is 230 g/mol. The molecule has 1 aliphatic rings. The summed E-state index contributed by atoms with van der Waals surface area (Å²) in [6, 6.07) is 5.39. The van der Waals surface area contributed by atoms with Crippen LogP contribution in [0.3, 0.4) is 0 Å². The fourth-order valence-electron chi connectivity index (χ4n) is 2.47. The Morgan fingerprint density at radius 1 is 1.44 bits per heavy atom. The predicted molar refractivity (Wildman–Crippen MR) is 72.1 cm³/mol. The van der Waals surface area contributed by atoms with Gasteiger partial charge in [0.1, 0.15) is 0 Å². The number of hydrogen-bond acceptors (Lipinski definition) is 4. The molecule has 1 heterocycles. The Balaban J connectivity index is 2.35. The molecule has 0 spiro atoms. The van der Waals surface area contributed by atoms with Crippen molar-refractivity contribution in [3.8, 4) is 0 Å². The van der Waals surface area contributed by atoms with Gasteiger partial charge in [0.25, 0.3) is 0 Å². The lowest BCUT2D eigenvalue weighted by Gasteiger charge is -2.40. The first kappa shape index (κ1) is 12.7. The quantitative estimate of drug-likeness (QED) is 0.768. The molecule has 5 heteroatoms. The highest BCUT2D eigenvalue weighted by Crippen LogP contribution is 2.26. The van der Waals surface area contributed by atoms with Gasteiger partial charge in [-0.2, -0.15) is 0 Å². The zero-order chi connectivity index (χ0) is 13.3. The van der Waals surface area contributed by atoms with Gasteiger partial charge in [0.05, 0.1) is 11.3 Å². The van der Waals surface area contributed by atoms with Crippen molar-refractivity contribution in [1.29, 1.82) is 0 Å². The average Bonchev–Trinajstić information content (AvgIpc) is 2.29. The first-order chi connectivity index (χ1) is 8.49. The number of aromatic carboxylic acids is 1. The van der Waals surface area contributed by atoms with E-state index in [0.29, 0.717) is 11.7 Å². The molecule has 0 bridgehead atoms. The van der Waals surface area contributed by atoms with Gasteiger partial charge in [0, 0.05) is 31.4 Å². The van der Waals surface area contributed by atoms with E-state index in [9.17, 15) is 9.90 Å². The Bertz CT molecular complexity index is 462. The van der Waals surface area contributed by atoms with Crippen molar-refractivity contribution in [2.75, 3.05) is 37.3 Å². The number of carbonyl (C=O) groups is 1. The third-order valence-corrected chi connectivity index (χ3v) is 3.39. The van der Waals surface area contributed by atoms with Gasteiger partial charge >= 0.3 is 5.97 Å². The number of nitrogens with zero attached hydrogens (tertiary/aromatic N) is 2. The Hall–Kier alpha value is -1.75. The fraction of sp³-hybridized carbons (Fsp3) is 0.462. The van der Waals surface area contributed by atoms with Gasteiger partial charge in [-0.1, -0.05) is 0 Å². The van der Waals surface area contributed by atoms with Gasteiger partial charge in [-0.3, -0.25) is 0 Å². The van der Waals surface area contributed by atoms with E-state index in [0.717, 1.165) is 25.3 Å². The van der Waals surface area contributed by atoms with Crippen LogP contribution < -0.4 is 10.6 Å². The topological polar surface area (TPSA) is 69.8 Å². The molecule has 1 aromatic carbocycles. The molecule has 1 atom stereocenters. The molecule has 0 radical (unpaired) electrons. The highest BCUT2D eigenvalue weighted by molar-refractivity contribution is 5.95. The van der Waals surface area contributed by atoms with Gasteiger partial charge in [-0.05, 0) is 32.2 Å². The van der Waals surface area contributed by atoms with Crippen molar-refractivity contribution in [3.05, 3.63) is 23.8 Å². The zero-order valence-electron chi connectivity index (χ0n) is 10.8. The van der Waals surface area contributed by atoms with E-state index < -0.39 is 5.97 Å². The van der Waals surface area contributed by atoms with Crippen molar-refractivity contribution >= 4 is 17.3 Å². The van der Waals surface area contributed by atoms with Crippen LogP contribution in [0.15, 0.2) is 18.2 Å². The Morgan fingerprint density at radius 3 is 2.78 bits per heavy atom. The molecule has 3 N–H and O–H groups in total. The molecule has 98 valence electrons. The van der Waals surface area contributed by atoms with Crippen molar-refractivity contribution in [2.45, 2.75) is 13.0 Å². The molecule has 0 saturated carbocycles. The highest BCUT2D eigenvalue weighted by Gasteiger charge is 2.25. The molecule has 5 nitrogen and oxygen atoms in total. The third kappa shape index (κ3) is 2.41. The number of likely N-dealkylation sites (N-methyl/N-ethyl adjacent to an activating group) is 1. The van der Waals surface area contributed by atoms with Gasteiger partial charge in [-0.15, -0.1) is 0 Å². The van der Waals surface area contributed by atoms with E-state index in [-0.39, 0.29) is 5.56 Å². The second-order valence-corrected chi connectivity index (χ2v) is 4.89. The molecule has 2 rings (SSSR count). The van der Waals surface area contributed by atoms with Crippen molar-refractivity contribution in [1.82, 2.24) is 4.90 Å². The van der Waals surface area contributed by atoms with Crippen molar-refractivity contribution < 1.29 is 9.90 Å². The standard InChI is InChI=1S/C13H19N3O2/c1-9-8-15(2)5-6-16(9)12-4-3-10(14)7-11(12)13(17)18/h3-4,7,9H,5-6,8,14H2,1-2H3,(H,17,18). The molecule has 1 aromatic rings. The van der Waals surface area contributed by atoms with Crippen LogP contribution in [0.4, 0.5) is 11.4 Å². The summed E-state index contributed by atoms with van der Waals surface area (Å²) in [5.74, 6) is -0.927. The molecule has 1 fully saturated rings. The van der Waals surface area contributed by atoms with E-state index in [4.69, 9.17) is 5.73 Å². The largest absolute Gasteiger partial charge is 0.478 e. The predicted octanol–water partition coefficient (Wildman–Crippen LogP) is 1.11. The Labute approximate surface area is 107 Å². The number of anilines is 2. The van der Waals surface area contributed by atoms with Gasteiger partial charge in [0.2, 0.25) is 0 Å². The minimum absolute atomic E-state index is 0.284. The minimum atomic E-state index is -0.927. The summed E-state index contributed by atoms with van der Waals surface area (Å²) >= 11 is 0. The average molecular weight is 249 g/mol. The normalized spacial score (nSPS) is 21.0. The second-order valence-electron chi connectivity index (χ2n) is 4.89. The monoisotopic (exact) mass is 249 g/mol. The van der Waals surface area contributed by atoms with Crippen molar-refractivity contribution in [2.24, 2.45) is 0 Å². The number of benzene rings is 1. The van der Waals surface area contributed by atoms with Crippen LogP contribution in [-0.4, -0.2) is 48.7 Å². The van der Waals surface area contributed by atoms with Crippen LogP contribution in [0.5, 0.6) is 0 Å². The van der Waals surface area contributed by atoms with Crippen molar-refractivity contribution in [3.63, 3.8) is 0 Å². The molecule has 0 aliphatic carbocycles. The lowest BCUT2D eigenvalue weighted by molar-refractivity contribution is 0.0697. The number of nitrogen functional groups attached to an aromatic ring is 1. The van der Waals surface area contributed by atoms with Gasteiger partial charge < -0.3 is 20.6 Å². The molecule has 1 unspecified atom stereocenters. The van der Waals surface area contributed by atoms with E-state index in [1.54, 1.807) is 12.1 Å². The number of hydrogen-bond donors (Lipinski definition) is 2. The third-order valence-electron chi connectivity index (χ3n) is 3.39. The molecular formula is C13H19N3O2. The van der Waals surface area contributed by atoms with E-state index in [1.165, 1.54) is 6.07 Å². The minimum Gasteiger partial charge on any atom is -0.478 e. The van der Waals surface area contributed by atoms with Gasteiger partial charge in [0.15, 0.2) is 0 Å². The Kier molecular flexibility index (Phi) is 3.43. The molecule has 0 aromatic heterocycles. The molecule has 18 heavy (non-hydrogen) atoms. The Morgan fingerprint density at radius 2 is 2.17 bits per heavy atom. The smallest absolute Gasteiger partial charge is 0.337 e. The maximum atomic E-state index is 11.3. The first-order valence-electron chi connectivity index (χ1n) is 6.07.